The smallest absolute Gasteiger partial charge is 0.321 e. The lowest BCUT2D eigenvalue weighted by Gasteiger charge is -2.16. The third kappa shape index (κ3) is 4.89. The first-order valence-corrected chi connectivity index (χ1v) is 12.6. The number of urea groups is 1. The largest absolute Gasteiger partial charge is 0.331 e. The number of amides is 3. The van der Waals surface area contributed by atoms with Crippen molar-refractivity contribution in [3.63, 3.8) is 0 Å². The van der Waals surface area contributed by atoms with E-state index in [9.17, 15) is 9.59 Å². The van der Waals surface area contributed by atoms with Crippen LogP contribution in [0.5, 0.6) is 0 Å². The molecular weight excluding hydrogens is 492 g/mol. The minimum Gasteiger partial charge on any atom is -0.331 e. The fraction of sp³-hybridized carbons (Fsp3) is 0.107. The molecule has 0 radical (unpaired) electrons. The van der Waals surface area contributed by atoms with Crippen molar-refractivity contribution < 1.29 is 9.59 Å². The van der Waals surface area contributed by atoms with E-state index in [1.54, 1.807) is 24.3 Å². The molecule has 0 aliphatic heterocycles. The van der Waals surface area contributed by atoms with Crippen LogP contribution in [-0.4, -0.2) is 16.9 Å². The van der Waals surface area contributed by atoms with Crippen molar-refractivity contribution in [2.45, 2.75) is 19.9 Å². The number of hydrogen-bond acceptors (Lipinski definition) is 4. The van der Waals surface area contributed by atoms with E-state index in [2.05, 4.69) is 39.1 Å². The first kappa shape index (κ1) is 23.8. The predicted octanol–water partition coefficient (Wildman–Crippen LogP) is 7.55. The Labute approximate surface area is 217 Å². The van der Waals surface area contributed by atoms with E-state index in [1.165, 1.54) is 11.3 Å². The van der Waals surface area contributed by atoms with Crippen molar-refractivity contribution in [3.8, 4) is 0 Å². The molecule has 1 atom stereocenters. The van der Waals surface area contributed by atoms with Crippen LogP contribution in [0.1, 0.15) is 34.5 Å². The lowest BCUT2D eigenvalue weighted by atomic mass is 10.00. The number of para-hydroxylation sites is 1. The monoisotopic (exact) mass is 514 g/mol. The van der Waals surface area contributed by atoms with Crippen molar-refractivity contribution in [2.24, 2.45) is 0 Å². The summed E-state index contributed by atoms with van der Waals surface area (Å²) >= 11 is 7.55. The number of aromatic nitrogens is 1. The molecule has 0 saturated carbocycles. The second-order valence-corrected chi connectivity index (χ2v) is 9.91. The molecule has 1 aromatic heterocycles. The summed E-state index contributed by atoms with van der Waals surface area (Å²) in [4.78, 5) is 30.0. The zero-order chi connectivity index (χ0) is 25.2. The Morgan fingerprint density at radius 2 is 1.72 bits per heavy atom. The van der Waals surface area contributed by atoms with Gasteiger partial charge in [0, 0.05) is 5.56 Å². The van der Waals surface area contributed by atoms with Crippen LogP contribution in [0.2, 0.25) is 5.02 Å². The molecule has 0 aliphatic carbocycles. The summed E-state index contributed by atoms with van der Waals surface area (Å²) in [5, 5.41) is 11.9. The lowest BCUT2D eigenvalue weighted by Crippen LogP contribution is -2.31. The maximum atomic E-state index is 12.8. The molecule has 0 bridgehead atoms. The van der Waals surface area contributed by atoms with E-state index in [4.69, 9.17) is 11.6 Å². The summed E-state index contributed by atoms with van der Waals surface area (Å²) < 4.78 is 0.788. The molecule has 0 fully saturated rings. The van der Waals surface area contributed by atoms with Gasteiger partial charge in [-0.25, -0.2) is 9.78 Å². The molecule has 4 aromatic carbocycles. The molecule has 6 nitrogen and oxygen atoms in total. The summed E-state index contributed by atoms with van der Waals surface area (Å²) in [6, 6.07) is 24.3. The van der Waals surface area contributed by atoms with E-state index in [0.29, 0.717) is 26.9 Å². The molecule has 0 aliphatic rings. The Balaban J connectivity index is 1.29. The second-order valence-electron chi connectivity index (χ2n) is 8.48. The molecule has 1 heterocycles. The highest BCUT2D eigenvalue weighted by molar-refractivity contribution is 7.22. The molecular formula is C28H23ClN4O2S. The van der Waals surface area contributed by atoms with Crippen molar-refractivity contribution in [1.82, 2.24) is 10.3 Å². The van der Waals surface area contributed by atoms with Gasteiger partial charge in [0.25, 0.3) is 5.91 Å². The Morgan fingerprint density at radius 1 is 0.944 bits per heavy atom. The zero-order valence-electron chi connectivity index (χ0n) is 19.6. The van der Waals surface area contributed by atoms with E-state index < -0.39 is 0 Å². The topological polar surface area (TPSA) is 83.1 Å². The second kappa shape index (κ2) is 9.97. The Kier molecular flexibility index (Phi) is 6.59. The summed E-state index contributed by atoms with van der Waals surface area (Å²) in [5.74, 6) is -0.266. The summed E-state index contributed by atoms with van der Waals surface area (Å²) in [6.45, 7) is 3.84. The number of nitrogens with one attached hydrogen (secondary N) is 3. The van der Waals surface area contributed by atoms with Gasteiger partial charge >= 0.3 is 6.03 Å². The molecule has 0 spiro atoms. The van der Waals surface area contributed by atoms with Gasteiger partial charge in [0.05, 0.1) is 27.0 Å². The van der Waals surface area contributed by atoms with Crippen molar-refractivity contribution in [1.29, 1.82) is 0 Å². The highest BCUT2D eigenvalue weighted by Gasteiger charge is 2.16. The Bertz CT molecular complexity index is 1590. The minimum absolute atomic E-state index is 0.200. The molecule has 0 unspecified atom stereocenters. The highest BCUT2D eigenvalue weighted by atomic mass is 35.5. The zero-order valence-corrected chi connectivity index (χ0v) is 21.2. The first-order valence-electron chi connectivity index (χ1n) is 11.4. The average molecular weight is 515 g/mol. The number of nitrogens with zero attached hydrogens (tertiary/aromatic N) is 1. The fourth-order valence-electron chi connectivity index (χ4n) is 4.13. The third-order valence-electron chi connectivity index (χ3n) is 5.97. The highest BCUT2D eigenvalue weighted by Crippen LogP contribution is 2.29. The molecule has 8 heteroatoms. The number of carbonyl (C=O) groups excluding carboxylic acids is 2. The van der Waals surface area contributed by atoms with Crippen LogP contribution in [0, 0.1) is 6.92 Å². The number of halogens is 1. The minimum atomic E-state index is -0.346. The van der Waals surface area contributed by atoms with Crippen molar-refractivity contribution in [3.05, 3.63) is 101 Å². The standard InChI is InChI=1S/C28H23ClN4O2S/c1-16-7-5-12-22(29)25(16)32-26(34)19-13-14-23-24(15-19)36-28(31-23)33-27(35)30-17(2)20-11-6-9-18-8-3-4-10-21(18)20/h3-15,17H,1-2H3,(H,32,34)(H2,30,31,33,35)/t17-/m1/s1. The maximum absolute atomic E-state index is 12.8. The summed E-state index contributed by atoms with van der Waals surface area (Å²) in [5.41, 5.74) is 3.68. The van der Waals surface area contributed by atoms with Crippen molar-refractivity contribution in [2.75, 3.05) is 10.6 Å². The quantitative estimate of drug-likeness (QED) is 0.226. The Morgan fingerprint density at radius 3 is 2.56 bits per heavy atom. The predicted molar refractivity (Wildman–Crippen MR) is 148 cm³/mol. The molecule has 180 valence electrons. The van der Waals surface area contributed by atoms with Gasteiger partial charge in [-0.2, -0.15) is 0 Å². The van der Waals surface area contributed by atoms with Crippen LogP contribution in [0.4, 0.5) is 15.6 Å². The SMILES string of the molecule is Cc1cccc(Cl)c1NC(=O)c1ccc2nc(NC(=O)N[C@H](C)c3cccc4ccccc34)sc2c1. The van der Waals surface area contributed by atoms with Gasteiger partial charge in [0.2, 0.25) is 0 Å². The number of thiazole rings is 1. The van der Waals surface area contributed by atoms with Crippen LogP contribution >= 0.6 is 22.9 Å². The number of fused-ring (bicyclic) bond motifs is 2. The van der Waals surface area contributed by atoms with Gasteiger partial charge in [-0.1, -0.05) is 77.5 Å². The van der Waals surface area contributed by atoms with Gasteiger partial charge in [0.15, 0.2) is 5.13 Å². The number of rotatable bonds is 5. The van der Waals surface area contributed by atoms with Gasteiger partial charge < -0.3 is 10.6 Å². The van der Waals surface area contributed by atoms with Gasteiger partial charge in [-0.3, -0.25) is 10.1 Å². The number of hydrogen-bond donors (Lipinski definition) is 3. The van der Waals surface area contributed by atoms with Crippen LogP contribution < -0.4 is 16.0 Å². The number of anilines is 2. The van der Waals surface area contributed by atoms with E-state index in [-0.39, 0.29) is 18.0 Å². The van der Waals surface area contributed by atoms with Crippen LogP contribution in [0.25, 0.3) is 21.0 Å². The number of aryl methyl sites for hydroxylation is 1. The van der Waals surface area contributed by atoms with Gasteiger partial charge in [0.1, 0.15) is 0 Å². The maximum Gasteiger partial charge on any atom is 0.321 e. The lowest BCUT2D eigenvalue weighted by molar-refractivity contribution is 0.102. The van der Waals surface area contributed by atoms with Crippen LogP contribution in [0.15, 0.2) is 78.9 Å². The Hall–Kier alpha value is -3.94. The molecule has 36 heavy (non-hydrogen) atoms. The normalized spacial score (nSPS) is 11.9. The number of carbonyl (C=O) groups is 2. The number of benzene rings is 4. The van der Waals surface area contributed by atoms with Crippen LogP contribution in [0.3, 0.4) is 0 Å². The third-order valence-corrected chi connectivity index (χ3v) is 7.22. The fourth-order valence-corrected chi connectivity index (χ4v) is 5.30. The van der Waals surface area contributed by atoms with E-state index >= 15 is 0 Å². The van der Waals surface area contributed by atoms with Crippen molar-refractivity contribution >= 4 is 66.7 Å². The summed E-state index contributed by atoms with van der Waals surface area (Å²) in [7, 11) is 0. The molecule has 3 N–H and O–H groups in total. The van der Waals surface area contributed by atoms with Crippen LogP contribution in [-0.2, 0) is 0 Å². The molecule has 5 aromatic rings. The van der Waals surface area contributed by atoms with E-state index in [0.717, 1.165) is 26.6 Å². The average Bonchev–Trinajstić information content (AvgIpc) is 3.27. The molecule has 5 rings (SSSR count). The van der Waals surface area contributed by atoms with Gasteiger partial charge in [-0.05, 0) is 60.0 Å². The van der Waals surface area contributed by atoms with Gasteiger partial charge in [-0.15, -0.1) is 0 Å². The molecule has 0 saturated heterocycles. The summed E-state index contributed by atoms with van der Waals surface area (Å²) in [6.07, 6.45) is 0. The molecule has 3 amide bonds. The first-order chi connectivity index (χ1) is 17.4. The van der Waals surface area contributed by atoms with E-state index in [1.807, 2.05) is 50.2 Å².